The molecule has 1 aromatic heterocycles. The van der Waals surface area contributed by atoms with Gasteiger partial charge in [0.05, 0.1) is 18.0 Å². The van der Waals surface area contributed by atoms with Crippen LogP contribution in [0.15, 0.2) is 35.5 Å². The van der Waals surface area contributed by atoms with Gasteiger partial charge in [-0.15, -0.1) is 5.10 Å². The summed E-state index contributed by atoms with van der Waals surface area (Å²) in [6, 6.07) is 9.95. The molecule has 0 spiro atoms. The lowest BCUT2D eigenvalue weighted by Gasteiger charge is -2.27. The van der Waals surface area contributed by atoms with Crippen LogP contribution >= 0.6 is 11.8 Å². The van der Waals surface area contributed by atoms with E-state index in [0.29, 0.717) is 0 Å². The van der Waals surface area contributed by atoms with Crippen molar-refractivity contribution in [2.45, 2.75) is 31.3 Å². The molecule has 2 aromatic rings. The molecule has 0 aliphatic carbocycles. The molecule has 1 heterocycles. The maximum Gasteiger partial charge on any atom is 0.231 e. The quantitative estimate of drug-likeness (QED) is 0.859. The summed E-state index contributed by atoms with van der Waals surface area (Å²) in [4.78, 5) is 12.1. The number of nitrogens with zero attached hydrogens (tertiary/aromatic N) is 3. The average molecular weight is 314 g/mol. The van der Waals surface area contributed by atoms with Gasteiger partial charge in [0.2, 0.25) is 5.91 Å². The van der Waals surface area contributed by atoms with Gasteiger partial charge in [0, 0.05) is 10.8 Å². The summed E-state index contributed by atoms with van der Waals surface area (Å²) in [5, 5.41) is 22.8. The Hall–Kier alpha value is -2.13. The summed E-state index contributed by atoms with van der Waals surface area (Å²) < 4.78 is 0. The number of benzene rings is 1. The average Bonchev–Trinajstić information content (AvgIpc) is 2.52. The zero-order valence-corrected chi connectivity index (χ0v) is 13.6. The van der Waals surface area contributed by atoms with Gasteiger partial charge in [-0.2, -0.15) is 10.4 Å². The second-order valence-corrected chi connectivity index (χ2v) is 6.51. The number of carbonyl (C=O) groups is 1. The van der Waals surface area contributed by atoms with Crippen LogP contribution in [0.4, 0.5) is 0 Å². The molecule has 0 aliphatic heterocycles. The molecule has 0 saturated heterocycles. The maximum atomic E-state index is 12.1. The highest BCUT2D eigenvalue weighted by Crippen LogP contribution is 2.24. The minimum atomic E-state index is -0.859. The van der Waals surface area contributed by atoms with E-state index in [1.807, 2.05) is 38.1 Å². The summed E-state index contributed by atoms with van der Waals surface area (Å²) in [5.41, 5.74) is -0.859. The first-order valence-corrected chi connectivity index (χ1v) is 8.00. The molecule has 0 radical (unpaired) electrons. The van der Waals surface area contributed by atoms with E-state index in [2.05, 4.69) is 21.6 Å². The SMILES string of the molecule is CC(C)C(C)(C#N)NC(=O)CSc1nncc2ccccc12. The number of thioether (sulfide) groups is 1. The minimum absolute atomic E-state index is 0.0313. The van der Waals surface area contributed by atoms with E-state index in [0.717, 1.165) is 15.8 Å². The fourth-order valence-electron chi connectivity index (χ4n) is 1.87. The normalized spacial score (nSPS) is 13.6. The Morgan fingerprint density at radius 3 is 2.86 bits per heavy atom. The molecule has 1 aromatic carbocycles. The van der Waals surface area contributed by atoms with Gasteiger partial charge >= 0.3 is 0 Å². The summed E-state index contributed by atoms with van der Waals surface area (Å²) in [6.45, 7) is 5.55. The van der Waals surface area contributed by atoms with Crippen LogP contribution in [-0.4, -0.2) is 27.4 Å². The molecule has 0 aliphatic rings. The van der Waals surface area contributed by atoms with E-state index in [1.54, 1.807) is 13.1 Å². The van der Waals surface area contributed by atoms with Crippen LogP contribution < -0.4 is 5.32 Å². The Kier molecular flexibility index (Phi) is 4.99. The van der Waals surface area contributed by atoms with Crippen LogP contribution in [0.3, 0.4) is 0 Å². The molecular weight excluding hydrogens is 296 g/mol. The molecule has 1 atom stereocenters. The van der Waals surface area contributed by atoms with E-state index < -0.39 is 5.54 Å². The van der Waals surface area contributed by atoms with Gasteiger partial charge in [0.25, 0.3) is 0 Å². The van der Waals surface area contributed by atoms with Crippen LogP contribution in [0, 0.1) is 17.2 Å². The molecular formula is C16H18N4OS. The van der Waals surface area contributed by atoms with Gasteiger partial charge in [0.1, 0.15) is 10.6 Å². The Morgan fingerprint density at radius 1 is 1.45 bits per heavy atom. The minimum Gasteiger partial charge on any atom is -0.337 e. The molecule has 0 saturated carbocycles. The third-order valence-corrected chi connectivity index (χ3v) is 4.64. The highest BCUT2D eigenvalue weighted by molar-refractivity contribution is 8.00. The van der Waals surface area contributed by atoms with Crippen LogP contribution in [-0.2, 0) is 4.79 Å². The van der Waals surface area contributed by atoms with Crippen molar-refractivity contribution in [3.63, 3.8) is 0 Å². The largest absolute Gasteiger partial charge is 0.337 e. The predicted octanol–water partition coefficient (Wildman–Crippen LogP) is 2.78. The van der Waals surface area contributed by atoms with Crippen molar-refractivity contribution in [3.05, 3.63) is 30.5 Å². The van der Waals surface area contributed by atoms with Gasteiger partial charge in [0.15, 0.2) is 0 Å². The van der Waals surface area contributed by atoms with Crippen molar-refractivity contribution in [2.24, 2.45) is 5.92 Å². The smallest absolute Gasteiger partial charge is 0.231 e. The zero-order valence-electron chi connectivity index (χ0n) is 12.8. The molecule has 5 nitrogen and oxygen atoms in total. The number of rotatable bonds is 5. The summed E-state index contributed by atoms with van der Waals surface area (Å²) >= 11 is 1.33. The fourth-order valence-corrected chi connectivity index (χ4v) is 2.66. The highest BCUT2D eigenvalue weighted by Gasteiger charge is 2.29. The van der Waals surface area contributed by atoms with Gasteiger partial charge in [-0.25, -0.2) is 0 Å². The van der Waals surface area contributed by atoms with Crippen LogP contribution in [0.1, 0.15) is 20.8 Å². The van der Waals surface area contributed by atoms with Crippen molar-refractivity contribution in [1.29, 1.82) is 5.26 Å². The predicted molar refractivity (Wildman–Crippen MR) is 87.3 cm³/mol. The molecule has 1 N–H and O–H groups in total. The second-order valence-electron chi connectivity index (χ2n) is 5.54. The Bertz CT molecular complexity index is 720. The molecule has 0 bridgehead atoms. The van der Waals surface area contributed by atoms with Crippen molar-refractivity contribution < 1.29 is 4.79 Å². The summed E-state index contributed by atoms with van der Waals surface area (Å²) in [5.74, 6) is 0.0495. The standard InChI is InChI=1S/C16H18N4OS/c1-11(2)16(3,10-17)19-14(21)9-22-15-13-7-5-4-6-12(13)8-18-20-15/h4-8,11H,9H2,1-3H3,(H,19,21). The summed E-state index contributed by atoms with van der Waals surface area (Å²) in [6.07, 6.45) is 1.70. The Labute approximate surface area is 134 Å². The van der Waals surface area contributed by atoms with E-state index in [-0.39, 0.29) is 17.6 Å². The third-order valence-electron chi connectivity index (χ3n) is 3.66. The lowest BCUT2D eigenvalue weighted by Crippen LogP contribution is -2.49. The third kappa shape index (κ3) is 3.55. The van der Waals surface area contributed by atoms with Crippen molar-refractivity contribution in [2.75, 3.05) is 5.75 Å². The van der Waals surface area contributed by atoms with Crippen molar-refractivity contribution in [3.8, 4) is 6.07 Å². The number of fused-ring (bicyclic) bond motifs is 1. The lowest BCUT2D eigenvalue weighted by atomic mass is 9.90. The van der Waals surface area contributed by atoms with Gasteiger partial charge < -0.3 is 5.32 Å². The molecule has 1 amide bonds. The molecule has 6 heteroatoms. The van der Waals surface area contributed by atoms with Gasteiger partial charge in [-0.3, -0.25) is 4.79 Å². The zero-order chi connectivity index (χ0) is 16.2. The number of nitriles is 1. The monoisotopic (exact) mass is 314 g/mol. The molecule has 2 rings (SSSR count). The molecule has 0 fully saturated rings. The first kappa shape index (κ1) is 16.2. The van der Waals surface area contributed by atoms with Gasteiger partial charge in [-0.05, 0) is 12.8 Å². The maximum absolute atomic E-state index is 12.1. The van der Waals surface area contributed by atoms with E-state index in [9.17, 15) is 10.1 Å². The van der Waals surface area contributed by atoms with Crippen LogP contribution in [0.2, 0.25) is 0 Å². The number of amides is 1. The lowest BCUT2D eigenvalue weighted by molar-refractivity contribution is -0.120. The van der Waals surface area contributed by atoms with E-state index >= 15 is 0 Å². The van der Waals surface area contributed by atoms with Crippen molar-refractivity contribution in [1.82, 2.24) is 15.5 Å². The topological polar surface area (TPSA) is 78.7 Å². The number of hydrogen-bond acceptors (Lipinski definition) is 5. The number of aromatic nitrogens is 2. The highest BCUT2D eigenvalue weighted by atomic mass is 32.2. The van der Waals surface area contributed by atoms with E-state index in [4.69, 9.17) is 0 Å². The van der Waals surface area contributed by atoms with Crippen LogP contribution in [0.5, 0.6) is 0 Å². The Morgan fingerprint density at radius 2 is 2.18 bits per heavy atom. The van der Waals surface area contributed by atoms with Crippen LogP contribution in [0.25, 0.3) is 10.8 Å². The van der Waals surface area contributed by atoms with Crippen molar-refractivity contribution >= 4 is 28.4 Å². The number of nitrogens with one attached hydrogen (secondary N) is 1. The fraction of sp³-hybridized carbons (Fsp3) is 0.375. The van der Waals surface area contributed by atoms with E-state index in [1.165, 1.54) is 11.8 Å². The number of carbonyl (C=O) groups excluding carboxylic acids is 1. The summed E-state index contributed by atoms with van der Waals surface area (Å²) in [7, 11) is 0. The molecule has 114 valence electrons. The first-order valence-electron chi connectivity index (χ1n) is 7.02. The first-order chi connectivity index (χ1) is 10.5. The Balaban J connectivity index is 2.06. The molecule has 1 unspecified atom stereocenters. The molecule has 22 heavy (non-hydrogen) atoms. The van der Waals surface area contributed by atoms with Gasteiger partial charge in [-0.1, -0.05) is 49.9 Å². The number of hydrogen-bond donors (Lipinski definition) is 1. The second kappa shape index (κ2) is 6.75.